The molecule has 0 atom stereocenters. The number of aromatic nitrogens is 2. The average molecular weight is 537 g/mol. The lowest BCUT2D eigenvalue weighted by molar-refractivity contribution is 1.21. The van der Waals surface area contributed by atoms with E-state index in [9.17, 15) is 0 Å². The number of hydrogen-bond acceptors (Lipinski definition) is 1. The van der Waals surface area contributed by atoms with Crippen LogP contribution in [-0.2, 0) is 0 Å². The lowest BCUT2D eigenvalue weighted by Crippen LogP contribution is -1.97. The summed E-state index contributed by atoms with van der Waals surface area (Å²) in [5.74, 6) is 0. The van der Waals surface area contributed by atoms with Crippen molar-refractivity contribution in [2.75, 3.05) is 0 Å². The molecule has 0 amide bonds. The van der Waals surface area contributed by atoms with Gasteiger partial charge in [0, 0.05) is 10.9 Å². The summed E-state index contributed by atoms with van der Waals surface area (Å²) in [7, 11) is 0. The van der Waals surface area contributed by atoms with Crippen molar-refractivity contribution in [2.24, 2.45) is 0 Å². The maximum atomic E-state index is 5.17. The Bertz CT molecular complexity index is 2370. The summed E-state index contributed by atoms with van der Waals surface area (Å²) in [6.45, 7) is 6.19. The highest BCUT2D eigenvalue weighted by molar-refractivity contribution is 6.13. The fourth-order valence-electron chi connectivity index (χ4n) is 6.53. The van der Waals surface area contributed by atoms with Gasteiger partial charge in [-0.15, -0.1) is 0 Å². The second-order valence-electron chi connectivity index (χ2n) is 10.8. The Labute approximate surface area is 244 Å². The first-order chi connectivity index (χ1) is 20.7. The standard InChI is InChI=1S/C40H28N2/c1-3-11-38-30(4-2)32-14-9-10-17-35(32)40-41-37-25-28(22-23-39(37)42(38)40)26-18-20-27(21-19-26)36-24-29-12-5-6-13-31(29)33-15-7-8-16-34(33)36/h3-25H,2H2,1H3/b11-3-. The highest BCUT2D eigenvalue weighted by atomic mass is 15.0. The SMILES string of the molecule is C=Cc1c(/C=C\C)n2c3ccc(-c4ccc(-c5cc6ccccc6c6ccccc56)cc4)cc3nc2c2ccccc12. The fourth-order valence-corrected chi connectivity index (χ4v) is 6.53. The Hall–Kier alpha value is -5.47. The Balaban J connectivity index is 1.27. The van der Waals surface area contributed by atoms with Gasteiger partial charge in [-0.25, -0.2) is 4.98 Å². The van der Waals surface area contributed by atoms with Gasteiger partial charge < -0.3 is 0 Å². The van der Waals surface area contributed by atoms with Gasteiger partial charge in [0.15, 0.2) is 0 Å². The normalized spacial score (nSPS) is 11.9. The minimum absolute atomic E-state index is 0.968. The second kappa shape index (κ2) is 9.57. The number of imidazole rings is 1. The summed E-state index contributed by atoms with van der Waals surface area (Å²) < 4.78 is 2.27. The first kappa shape index (κ1) is 24.3. The molecule has 0 spiro atoms. The van der Waals surface area contributed by atoms with Crippen molar-refractivity contribution >= 4 is 61.1 Å². The van der Waals surface area contributed by atoms with E-state index in [1.807, 2.05) is 6.08 Å². The first-order valence-corrected chi connectivity index (χ1v) is 14.4. The minimum Gasteiger partial charge on any atom is -0.292 e. The number of hydrogen-bond donors (Lipinski definition) is 0. The van der Waals surface area contributed by atoms with Crippen molar-refractivity contribution in [1.82, 2.24) is 9.38 Å². The molecule has 42 heavy (non-hydrogen) atoms. The number of allylic oxidation sites excluding steroid dienone is 1. The average Bonchev–Trinajstić information content (AvgIpc) is 3.44. The Morgan fingerprint density at radius 3 is 2.02 bits per heavy atom. The largest absolute Gasteiger partial charge is 0.292 e. The van der Waals surface area contributed by atoms with E-state index in [1.54, 1.807) is 0 Å². The molecule has 198 valence electrons. The Morgan fingerprint density at radius 2 is 1.26 bits per heavy atom. The number of nitrogens with zero attached hydrogens (tertiary/aromatic N) is 2. The van der Waals surface area contributed by atoms with E-state index < -0.39 is 0 Å². The van der Waals surface area contributed by atoms with Crippen LogP contribution in [0.25, 0.3) is 83.4 Å². The van der Waals surface area contributed by atoms with E-state index in [-0.39, 0.29) is 0 Å². The van der Waals surface area contributed by atoms with Crippen molar-refractivity contribution in [1.29, 1.82) is 0 Å². The van der Waals surface area contributed by atoms with Gasteiger partial charge in [0.05, 0.1) is 16.7 Å². The zero-order chi connectivity index (χ0) is 28.2. The van der Waals surface area contributed by atoms with Gasteiger partial charge in [-0.2, -0.15) is 0 Å². The molecule has 8 aromatic rings. The maximum Gasteiger partial charge on any atom is 0.146 e. The van der Waals surface area contributed by atoms with E-state index in [0.717, 1.165) is 38.9 Å². The molecular formula is C40H28N2. The lowest BCUT2D eigenvalue weighted by Gasteiger charge is -2.12. The van der Waals surface area contributed by atoms with Gasteiger partial charge in [-0.1, -0.05) is 122 Å². The van der Waals surface area contributed by atoms with E-state index >= 15 is 0 Å². The van der Waals surface area contributed by atoms with E-state index in [1.165, 1.54) is 43.6 Å². The van der Waals surface area contributed by atoms with Crippen molar-refractivity contribution in [3.8, 4) is 22.3 Å². The topological polar surface area (TPSA) is 17.3 Å². The van der Waals surface area contributed by atoms with E-state index in [0.29, 0.717) is 0 Å². The molecule has 0 N–H and O–H groups in total. The molecular weight excluding hydrogens is 508 g/mol. The molecule has 2 nitrogen and oxygen atoms in total. The monoisotopic (exact) mass is 536 g/mol. The van der Waals surface area contributed by atoms with Crippen molar-refractivity contribution < 1.29 is 0 Å². The molecule has 0 radical (unpaired) electrons. The summed E-state index contributed by atoms with van der Waals surface area (Å²) in [6.07, 6.45) is 6.19. The molecule has 2 heteroatoms. The molecule has 0 fully saturated rings. The molecule has 0 saturated heterocycles. The van der Waals surface area contributed by atoms with Crippen molar-refractivity contribution in [2.45, 2.75) is 6.92 Å². The number of benzene rings is 6. The van der Waals surface area contributed by atoms with Crippen LogP contribution in [0.15, 0.2) is 134 Å². The zero-order valence-electron chi connectivity index (χ0n) is 23.4. The van der Waals surface area contributed by atoms with Crippen LogP contribution in [0.3, 0.4) is 0 Å². The Kier molecular flexibility index (Phi) is 5.55. The summed E-state index contributed by atoms with van der Waals surface area (Å²) in [5, 5.41) is 7.41. The number of pyridine rings is 1. The van der Waals surface area contributed by atoms with Crippen LogP contribution in [0, 0.1) is 0 Å². The van der Waals surface area contributed by atoms with Gasteiger partial charge in [0.2, 0.25) is 0 Å². The summed E-state index contributed by atoms with van der Waals surface area (Å²) >= 11 is 0. The summed E-state index contributed by atoms with van der Waals surface area (Å²) in [4.78, 5) is 5.17. The molecule has 0 aliphatic heterocycles. The molecule has 0 unspecified atom stereocenters. The van der Waals surface area contributed by atoms with Gasteiger partial charge in [-0.3, -0.25) is 4.40 Å². The van der Waals surface area contributed by atoms with Crippen LogP contribution in [0.2, 0.25) is 0 Å². The zero-order valence-corrected chi connectivity index (χ0v) is 23.4. The third-order valence-electron chi connectivity index (χ3n) is 8.46. The molecule has 2 heterocycles. The second-order valence-corrected chi connectivity index (χ2v) is 10.8. The highest BCUT2D eigenvalue weighted by Gasteiger charge is 2.16. The smallest absolute Gasteiger partial charge is 0.146 e. The molecule has 0 aliphatic carbocycles. The predicted molar refractivity (Wildman–Crippen MR) is 181 cm³/mol. The maximum absolute atomic E-state index is 5.17. The van der Waals surface area contributed by atoms with Gasteiger partial charge >= 0.3 is 0 Å². The molecule has 6 aromatic carbocycles. The van der Waals surface area contributed by atoms with Crippen molar-refractivity contribution in [3.05, 3.63) is 145 Å². The van der Waals surface area contributed by atoms with Gasteiger partial charge in [0.1, 0.15) is 5.65 Å². The molecule has 2 aromatic heterocycles. The van der Waals surface area contributed by atoms with Crippen LogP contribution in [0.5, 0.6) is 0 Å². The molecule has 0 bridgehead atoms. The van der Waals surface area contributed by atoms with Crippen LogP contribution >= 0.6 is 0 Å². The van der Waals surface area contributed by atoms with Gasteiger partial charge in [0.25, 0.3) is 0 Å². The number of fused-ring (bicyclic) bond motifs is 8. The van der Waals surface area contributed by atoms with Crippen LogP contribution in [0.1, 0.15) is 18.2 Å². The summed E-state index contributed by atoms with van der Waals surface area (Å²) in [5.41, 5.74) is 10.1. The molecule has 0 aliphatic rings. The lowest BCUT2D eigenvalue weighted by atomic mass is 9.92. The third kappa shape index (κ3) is 3.62. The quantitative estimate of drug-likeness (QED) is 0.205. The highest BCUT2D eigenvalue weighted by Crippen LogP contribution is 2.37. The van der Waals surface area contributed by atoms with Crippen LogP contribution in [-0.4, -0.2) is 9.38 Å². The van der Waals surface area contributed by atoms with Crippen molar-refractivity contribution in [3.63, 3.8) is 0 Å². The first-order valence-electron chi connectivity index (χ1n) is 14.4. The Morgan fingerprint density at radius 1 is 0.619 bits per heavy atom. The summed E-state index contributed by atoms with van der Waals surface area (Å²) in [6, 6.07) is 43.7. The molecule has 8 rings (SSSR count). The predicted octanol–water partition coefficient (Wildman–Crippen LogP) is 11.0. The molecule has 0 saturated carbocycles. The third-order valence-corrected chi connectivity index (χ3v) is 8.46. The van der Waals surface area contributed by atoms with E-state index in [2.05, 4.69) is 151 Å². The van der Waals surface area contributed by atoms with Crippen LogP contribution < -0.4 is 0 Å². The van der Waals surface area contributed by atoms with Crippen LogP contribution in [0.4, 0.5) is 0 Å². The number of rotatable bonds is 4. The van der Waals surface area contributed by atoms with E-state index in [4.69, 9.17) is 4.98 Å². The minimum atomic E-state index is 0.968. The van der Waals surface area contributed by atoms with Gasteiger partial charge in [-0.05, 0) is 80.4 Å². The fraction of sp³-hybridized carbons (Fsp3) is 0.0250.